The van der Waals surface area contributed by atoms with E-state index in [0.29, 0.717) is 5.56 Å². The van der Waals surface area contributed by atoms with Gasteiger partial charge in [-0.05, 0) is 90.1 Å². The van der Waals surface area contributed by atoms with Crippen molar-refractivity contribution < 1.29 is 9.13 Å². The minimum atomic E-state index is -0.216. The smallest absolute Gasteiger partial charge is 0.147 e. The Labute approximate surface area is 159 Å². The number of ether oxygens (including phenoxy) is 1. The molecule has 2 aliphatic carbocycles. The Morgan fingerprint density at radius 1 is 1.15 bits per heavy atom. The predicted molar refractivity (Wildman–Crippen MR) is 105 cm³/mol. The van der Waals surface area contributed by atoms with E-state index >= 15 is 0 Å². The van der Waals surface area contributed by atoms with Crippen LogP contribution in [0.4, 0.5) is 4.39 Å². The van der Waals surface area contributed by atoms with Crippen LogP contribution in [0, 0.1) is 31.5 Å². The average molecular weight is 361 g/mol. The molecular formula is C24H24FNO. The molecule has 0 bridgehead atoms. The molecular weight excluding hydrogens is 337 g/mol. The van der Waals surface area contributed by atoms with Gasteiger partial charge in [0.15, 0.2) is 0 Å². The third-order valence-corrected chi connectivity index (χ3v) is 6.16. The first-order chi connectivity index (χ1) is 13.1. The second-order valence-corrected chi connectivity index (χ2v) is 8.07. The zero-order valence-electron chi connectivity index (χ0n) is 15.8. The van der Waals surface area contributed by atoms with Gasteiger partial charge in [-0.1, -0.05) is 24.3 Å². The summed E-state index contributed by atoms with van der Waals surface area (Å²) in [7, 11) is 0. The lowest BCUT2D eigenvalue weighted by molar-refractivity contribution is 0.0555. The van der Waals surface area contributed by atoms with Crippen molar-refractivity contribution in [2.75, 3.05) is 0 Å². The van der Waals surface area contributed by atoms with Gasteiger partial charge in [0.05, 0.1) is 6.61 Å². The number of benzene rings is 2. The lowest BCUT2D eigenvalue weighted by atomic mass is 9.94. The van der Waals surface area contributed by atoms with Crippen LogP contribution in [0.3, 0.4) is 0 Å². The third-order valence-electron chi connectivity index (χ3n) is 6.16. The summed E-state index contributed by atoms with van der Waals surface area (Å²) in [6, 6.07) is 11.6. The van der Waals surface area contributed by atoms with Crippen LogP contribution in [0.1, 0.15) is 29.5 Å². The summed E-state index contributed by atoms with van der Waals surface area (Å²) in [6.07, 6.45) is 6.63. The number of allylic oxidation sites excluding steroid dienone is 2. The molecule has 5 rings (SSSR count). The molecule has 1 N–H and O–H groups in total. The molecule has 0 aromatic heterocycles. The number of nitrogens with one attached hydrogen (secondary N) is 1. The molecule has 0 saturated heterocycles. The van der Waals surface area contributed by atoms with E-state index in [2.05, 4.69) is 49.6 Å². The molecule has 2 aromatic carbocycles. The summed E-state index contributed by atoms with van der Waals surface area (Å²) in [5.74, 6) is 1.41. The number of hydrogen-bond donors (Lipinski definition) is 1. The number of aryl methyl sites for hydroxylation is 2. The minimum absolute atomic E-state index is 0.176. The first-order valence-corrected chi connectivity index (χ1v) is 9.74. The van der Waals surface area contributed by atoms with Crippen LogP contribution in [0.25, 0.3) is 11.1 Å². The van der Waals surface area contributed by atoms with Gasteiger partial charge in [-0.15, -0.1) is 0 Å². The highest BCUT2D eigenvalue weighted by atomic mass is 19.1. The Balaban J connectivity index is 1.34. The van der Waals surface area contributed by atoms with Crippen LogP contribution in [-0.2, 0) is 11.3 Å². The van der Waals surface area contributed by atoms with Crippen LogP contribution in [0.2, 0.25) is 0 Å². The lowest BCUT2D eigenvalue weighted by Gasteiger charge is -2.22. The quantitative estimate of drug-likeness (QED) is 0.787. The maximum absolute atomic E-state index is 14.4. The number of fused-ring (bicyclic) bond motifs is 3. The van der Waals surface area contributed by atoms with Crippen LogP contribution in [-0.4, -0.2) is 6.23 Å². The fourth-order valence-electron chi connectivity index (χ4n) is 4.65. The SMILES string of the molecule is Cc1cccc(C)c1-c1ccc(F)c(COC2C=C3CC4CC4C3=CN2)c1. The molecule has 3 atom stereocenters. The maximum atomic E-state index is 14.4. The van der Waals surface area contributed by atoms with E-state index in [1.165, 1.54) is 40.7 Å². The molecule has 2 saturated carbocycles. The van der Waals surface area contributed by atoms with Gasteiger partial charge in [0.1, 0.15) is 12.0 Å². The highest BCUT2D eigenvalue weighted by molar-refractivity contribution is 5.71. The van der Waals surface area contributed by atoms with E-state index in [0.717, 1.165) is 17.4 Å². The van der Waals surface area contributed by atoms with Crippen molar-refractivity contribution in [3.8, 4) is 11.1 Å². The standard InChI is InChI=1S/C24H24FNO/c1-14-4-3-5-15(2)24(14)16-6-7-22(25)19(8-16)13-27-23-11-18-9-17-10-20(17)21(18)12-26-23/h3-8,11-12,17,20,23,26H,9-10,13H2,1-2H3. The van der Waals surface area contributed by atoms with E-state index < -0.39 is 0 Å². The van der Waals surface area contributed by atoms with Gasteiger partial charge in [-0.3, -0.25) is 0 Å². The van der Waals surface area contributed by atoms with Crippen LogP contribution in [0.5, 0.6) is 0 Å². The van der Waals surface area contributed by atoms with Crippen molar-refractivity contribution in [1.82, 2.24) is 5.32 Å². The average Bonchev–Trinajstić information content (AvgIpc) is 3.33. The highest BCUT2D eigenvalue weighted by Crippen LogP contribution is 2.58. The van der Waals surface area contributed by atoms with E-state index in [-0.39, 0.29) is 18.7 Å². The van der Waals surface area contributed by atoms with Crippen molar-refractivity contribution in [2.24, 2.45) is 11.8 Å². The molecule has 2 nitrogen and oxygen atoms in total. The summed E-state index contributed by atoms with van der Waals surface area (Å²) in [5, 5.41) is 3.32. The first kappa shape index (κ1) is 16.8. The topological polar surface area (TPSA) is 21.3 Å². The highest BCUT2D eigenvalue weighted by Gasteiger charge is 2.48. The Kier molecular flexibility index (Phi) is 3.94. The predicted octanol–water partition coefficient (Wildman–Crippen LogP) is 5.41. The zero-order valence-corrected chi connectivity index (χ0v) is 15.8. The second-order valence-electron chi connectivity index (χ2n) is 8.07. The van der Waals surface area contributed by atoms with Gasteiger partial charge in [0.2, 0.25) is 0 Å². The van der Waals surface area contributed by atoms with Gasteiger partial charge in [0, 0.05) is 11.8 Å². The molecule has 3 aliphatic rings. The molecule has 1 aliphatic heterocycles. The summed E-state index contributed by atoms with van der Waals surface area (Å²) in [5.41, 5.74) is 8.09. The molecule has 2 fully saturated rings. The molecule has 27 heavy (non-hydrogen) atoms. The second kappa shape index (κ2) is 6.35. The van der Waals surface area contributed by atoms with E-state index in [1.807, 2.05) is 12.1 Å². The molecule has 0 radical (unpaired) electrons. The molecule has 2 aromatic rings. The van der Waals surface area contributed by atoms with Crippen LogP contribution >= 0.6 is 0 Å². The van der Waals surface area contributed by atoms with Gasteiger partial charge in [-0.2, -0.15) is 0 Å². The van der Waals surface area contributed by atoms with Crippen LogP contribution < -0.4 is 5.32 Å². The molecule has 0 spiro atoms. The van der Waals surface area contributed by atoms with Gasteiger partial charge in [0.25, 0.3) is 0 Å². The molecule has 0 amide bonds. The van der Waals surface area contributed by atoms with Gasteiger partial charge in [-0.25, -0.2) is 4.39 Å². The summed E-state index contributed by atoms with van der Waals surface area (Å²) in [6.45, 7) is 4.44. The Hall–Kier alpha value is -2.39. The van der Waals surface area contributed by atoms with Crippen LogP contribution in [0.15, 0.2) is 59.8 Å². The molecule has 1 heterocycles. The lowest BCUT2D eigenvalue weighted by Crippen LogP contribution is -2.29. The van der Waals surface area contributed by atoms with Crippen molar-refractivity contribution >= 4 is 0 Å². The number of hydrogen-bond acceptors (Lipinski definition) is 2. The third kappa shape index (κ3) is 3.00. The summed E-state index contributed by atoms with van der Waals surface area (Å²) >= 11 is 0. The van der Waals surface area contributed by atoms with Gasteiger partial charge < -0.3 is 10.1 Å². The van der Waals surface area contributed by atoms with E-state index in [9.17, 15) is 4.39 Å². The normalized spacial score (nSPS) is 25.2. The largest absolute Gasteiger partial charge is 0.363 e. The molecule has 3 heteroatoms. The Bertz CT molecular complexity index is 954. The number of rotatable bonds is 4. The fraction of sp³-hybridized carbons (Fsp3) is 0.333. The Morgan fingerprint density at radius 2 is 1.96 bits per heavy atom. The minimum Gasteiger partial charge on any atom is -0.363 e. The van der Waals surface area contributed by atoms with Crippen molar-refractivity contribution in [2.45, 2.75) is 39.5 Å². The summed E-state index contributed by atoms with van der Waals surface area (Å²) < 4.78 is 20.4. The van der Waals surface area contributed by atoms with Crippen molar-refractivity contribution in [3.05, 3.63) is 82.3 Å². The van der Waals surface area contributed by atoms with Gasteiger partial charge >= 0.3 is 0 Å². The monoisotopic (exact) mass is 361 g/mol. The fourth-order valence-corrected chi connectivity index (χ4v) is 4.65. The molecule has 3 unspecified atom stereocenters. The van der Waals surface area contributed by atoms with Crippen molar-refractivity contribution in [3.63, 3.8) is 0 Å². The first-order valence-electron chi connectivity index (χ1n) is 9.74. The number of dihydropyridines is 1. The maximum Gasteiger partial charge on any atom is 0.147 e. The zero-order chi connectivity index (χ0) is 18.5. The Morgan fingerprint density at radius 3 is 2.78 bits per heavy atom. The molecule has 138 valence electrons. The number of halogens is 1. The van der Waals surface area contributed by atoms with Crippen molar-refractivity contribution in [1.29, 1.82) is 0 Å². The van der Waals surface area contributed by atoms with E-state index in [1.54, 1.807) is 6.07 Å². The summed E-state index contributed by atoms with van der Waals surface area (Å²) in [4.78, 5) is 0. The van der Waals surface area contributed by atoms with E-state index in [4.69, 9.17) is 4.74 Å².